The molecule has 0 aromatic heterocycles. The quantitative estimate of drug-likeness (QED) is 0.370. The Hall–Kier alpha value is 0.0934. The summed E-state index contributed by atoms with van der Waals surface area (Å²) in [5.41, 5.74) is 0. The summed E-state index contributed by atoms with van der Waals surface area (Å²) in [4.78, 5) is 10.4. The van der Waals surface area contributed by atoms with Gasteiger partial charge in [0.05, 0.1) is 6.61 Å². The summed E-state index contributed by atoms with van der Waals surface area (Å²) in [5, 5.41) is 0. The molecule has 0 fully saturated rings. The van der Waals surface area contributed by atoms with E-state index in [0.717, 1.165) is 0 Å². The van der Waals surface area contributed by atoms with Gasteiger partial charge in [0.25, 0.3) is 0 Å². The van der Waals surface area contributed by atoms with Crippen LogP contribution in [-0.4, -0.2) is 12.6 Å². The van der Waals surface area contributed by atoms with Crippen LogP contribution in [0, 0.1) is 6.92 Å². The number of rotatable bonds is 3. The maximum atomic E-state index is 10.4. The van der Waals surface area contributed by atoms with Crippen molar-refractivity contribution in [3.05, 3.63) is 6.92 Å². The van der Waals surface area contributed by atoms with E-state index in [1.807, 2.05) is 0 Å². The smallest absolute Gasteiger partial charge is 0.303 e. The summed E-state index contributed by atoms with van der Waals surface area (Å²) in [6, 6.07) is 0. The maximum absolute atomic E-state index is 10.4. The summed E-state index contributed by atoms with van der Waals surface area (Å²) in [6.07, 6.45) is 1.06. The van der Waals surface area contributed by atoms with Crippen LogP contribution in [0.15, 0.2) is 0 Å². The minimum atomic E-state index is -0.150. The Morgan fingerprint density at radius 2 is 2.22 bits per heavy atom. The number of hydrogen-bond acceptors (Lipinski definition) is 2. The zero-order chi connectivity index (χ0) is 6.41. The van der Waals surface area contributed by atoms with Crippen molar-refractivity contribution in [2.24, 2.45) is 0 Å². The fraction of sp³-hybridized carbons (Fsp3) is 0.667. The number of esters is 1. The van der Waals surface area contributed by atoms with Gasteiger partial charge in [-0.05, 0) is 6.92 Å². The van der Waals surface area contributed by atoms with Crippen molar-refractivity contribution >= 4 is 5.97 Å². The second-order valence-electron chi connectivity index (χ2n) is 1.41. The average molecular weight is 181 g/mol. The second kappa shape index (κ2) is 8.09. The molecule has 0 rings (SSSR count). The fourth-order valence-corrected chi connectivity index (χ4v) is 0.377. The Labute approximate surface area is 68.7 Å². The van der Waals surface area contributed by atoms with E-state index in [9.17, 15) is 4.79 Å². The molecule has 0 N–H and O–H groups in total. The fourth-order valence-electron chi connectivity index (χ4n) is 0.377. The number of carbonyl (C=O) groups excluding carboxylic acids is 1. The molecule has 0 aliphatic carbocycles. The van der Waals surface area contributed by atoms with Crippen molar-refractivity contribution in [3.63, 3.8) is 0 Å². The van der Waals surface area contributed by atoms with Crippen LogP contribution in [0.5, 0.6) is 0 Å². The van der Waals surface area contributed by atoms with Crippen LogP contribution in [0.3, 0.4) is 0 Å². The predicted octanol–water partition coefficient (Wildman–Crippen LogP) is 1.16. The van der Waals surface area contributed by atoms with Gasteiger partial charge in [-0.15, -0.1) is 0 Å². The largest absolute Gasteiger partial charge is 0.466 e. The molecule has 0 unspecified atom stereocenters. The molecule has 9 heavy (non-hydrogen) atoms. The van der Waals surface area contributed by atoms with E-state index in [4.69, 9.17) is 0 Å². The molecule has 2 nitrogen and oxygen atoms in total. The molecule has 3 heteroatoms. The zero-order valence-electron chi connectivity index (χ0n) is 5.85. The first kappa shape index (κ1) is 11.8. The topological polar surface area (TPSA) is 26.3 Å². The van der Waals surface area contributed by atoms with Gasteiger partial charge in [0.2, 0.25) is 0 Å². The first-order chi connectivity index (χ1) is 3.81. The average Bonchev–Trinajstić information content (AvgIpc) is 1.68. The van der Waals surface area contributed by atoms with Crippen LogP contribution in [0.25, 0.3) is 0 Å². The van der Waals surface area contributed by atoms with Crippen molar-refractivity contribution < 1.29 is 29.0 Å². The molecule has 50 valence electrons. The van der Waals surface area contributed by atoms with Gasteiger partial charge in [0.15, 0.2) is 0 Å². The van der Waals surface area contributed by atoms with E-state index < -0.39 is 0 Å². The molecule has 0 aliphatic rings. The first-order valence-electron chi connectivity index (χ1n) is 2.76. The van der Waals surface area contributed by atoms with Gasteiger partial charge in [-0.2, -0.15) is 6.42 Å². The number of hydrogen-bond donors (Lipinski definition) is 0. The van der Waals surface area contributed by atoms with Gasteiger partial charge in [-0.1, -0.05) is 0 Å². The van der Waals surface area contributed by atoms with Gasteiger partial charge in [0, 0.05) is 25.9 Å². The molecule has 0 amide bonds. The maximum Gasteiger partial charge on any atom is 0.303 e. The minimum Gasteiger partial charge on any atom is -0.466 e. The number of ether oxygens (including phenoxy) is 1. The van der Waals surface area contributed by atoms with E-state index in [1.54, 1.807) is 6.92 Å². The van der Waals surface area contributed by atoms with Crippen LogP contribution < -0.4 is 0 Å². The predicted molar refractivity (Wildman–Crippen MR) is 31.2 cm³/mol. The van der Waals surface area contributed by atoms with E-state index in [0.29, 0.717) is 19.4 Å². The van der Waals surface area contributed by atoms with Crippen LogP contribution in [0.4, 0.5) is 0 Å². The summed E-state index contributed by atoms with van der Waals surface area (Å²) in [6.45, 7) is 5.77. The SMILES string of the molecule is [CH2-]CCC(=O)OCC.[Zn]. The molecule has 0 aromatic rings. The molecule has 0 radical (unpaired) electrons. The Morgan fingerprint density at radius 1 is 1.67 bits per heavy atom. The molecule has 0 aliphatic heterocycles. The molecule has 0 heterocycles. The monoisotopic (exact) mass is 179 g/mol. The Bertz CT molecular complexity index is 65.5. The van der Waals surface area contributed by atoms with Crippen LogP contribution in [0.1, 0.15) is 19.8 Å². The molecule has 0 atom stereocenters. The molecule has 0 saturated carbocycles. The van der Waals surface area contributed by atoms with Gasteiger partial charge >= 0.3 is 5.97 Å². The third-order valence-corrected chi connectivity index (χ3v) is 0.686. The van der Waals surface area contributed by atoms with E-state index in [-0.39, 0.29) is 25.4 Å². The summed E-state index contributed by atoms with van der Waals surface area (Å²) >= 11 is 0. The molecule has 0 aromatic carbocycles. The molecular formula is C6H11O2Zn-. The Balaban J connectivity index is 0. The van der Waals surface area contributed by atoms with Gasteiger partial charge in [-0.3, -0.25) is 4.79 Å². The van der Waals surface area contributed by atoms with Crippen molar-refractivity contribution in [2.45, 2.75) is 19.8 Å². The second-order valence-corrected chi connectivity index (χ2v) is 1.41. The zero-order valence-corrected chi connectivity index (χ0v) is 8.82. The van der Waals surface area contributed by atoms with Crippen molar-refractivity contribution in [1.82, 2.24) is 0 Å². The van der Waals surface area contributed by atoms with Crippen molar-refractivity contribution in [3.8, 4) is 0 Å². The Morgan fingerprint density at radius 3 is 2.56 bits per heavy atom. The Kier molecular flexibility index (Phi) is 10.6. The normalized spacial score (nSPS) is 7.78. The standard InChI is InChI=1S/C6H11O2.Zn/c1-3-5-6(7)8-4-2;/h1,3-5H2,2H3;/q-1;. The number of carbonyl (C=O) groups is 1. The third-order valence-electron chi connectivity index (χ3n) is 0.686. The van der Waals surface area contributed by atoms with Gasteiger partial charge in [-0.25, -0.2) is 0 Å². The van der Waals surface area contributed by atoms with E-state index in [1.165, 1.54) is 0 Å². The molecular weight excluding hydrogens is 169 g/mol. The summed E-state index contributed by atoms with van der Waals surface area (Å²) < 4.78 is 4.60. The van der Waals surface area contributed by atoms with Crippen LogP contribution >= 0.6 is 0 Å². The van der Waals surface area contributed by atoms with E-state index in [2.05, 4.69) is 11.7 Å². The van der Waals surface area contributed by atoms with Crippen molar-refractivity contribution in [2.75, 3.05) is 6.61 Å². The van der Waals surface area contributed by atoms with Crippen LogP contribution in [-0.2, 0) is 29.0 Å². The third kappa shape index (κ3) is 8.09. The molecule has 0 bridgehead atoms. The minimum absolute atomic E-state index is 0. The van der Waals surface area contributed by atoms with Crippen LogP contribution in [0.2, 0.25) is 0 Å². The molecule has 0 spiro atoms. The van der Waals surface area contributed by atoms with Gasteiger partial charge < -0.3 is 11.7 Å². The summed E-state index contributed by atoms with van der Waals surface area (Å²) in [7, 11) is 0. The first-order valence-corrected chi connectivity index (χ1v) is 2.76. The molecule has 0 saturated heterocycles. The summed E-state index contributed by atoms with van der Waals surface area (Å²) in [5.74, 6) is -0.150. The van der Waals surface area contributed by atoms with Crippen molar-refractivity contribution in [1.29, 1.82) is 0 Å². The van der Waals surface area contributed by atoms with E-state index >= 15 is 0 Å². The van der Waals surface area contributed by atoms with Gasteiger partial charge in [0.1, 0.15) is 0 Å².